The first-order valence-corrected chi connectivity index (χ1v) is 17.2. The van der Waals surface area contributed by atoms with Gasteiger partial charge in [0, 0.05) is 29.3 Å². The van der Waals surface area contributed by atoms with E-state index in [1.54, 1.807) is 11.1 Å². The Labute approximate surface area is 237 Å². The average Bonchev–Trinajstić information content (AvgIpc) is 3.61. The molecule has 0 saturated carbocycles. The van der Waals surface area contributed by atoms with Crippen LogP contribution in [0.3, 0.4) is 0 Å². The van der Waals surface area contributed by atoms with Crippen molar-refractivity contribution in [2.45, 2.75) is 78.1 Å². The average molecular weight is 657 g/mol. The van der Waals surface area contributed by atoms with E-state index in [9.17, 15) is 0 Å². The molecule has 6 heteroatoms. The summed E-state index contributed by atoms with van der Waals surface area (Å²) < 4.78 is 2.42. The smallest absolute Gasteiger partial charge is 0.0705 e. The van der Waals surface area contributed by atoms with Crippen LogP contribution in [0.25, 0.3) is 29.3 Å². The monoisotopic (exact) mass is 654 g/mol. The lowest BCUT2D eigenvalue weighted by atomic mass is 10.0. The predicted octanol–water partition coefficient (Wildman–Crippen LogP) is 12.7. The van der Waals surface area contributed by atoms with Crippen LogP contribution in [-0.2, 0) is 12.8 Å². The van der Waals surface area contributed by atoms with Gasteiger partial charge in [-0.15, -0.1) is 45.3 Å². The molecular formula is C28H32Br2S4. The minimum atomic E-state index is 1.19. The van der Waals surface area contributed by atoms with E-state index in [-0.39, 0.29) is 0 Å². The van der Waals surface area contributed by atoms with Crippen LogP contribution >= 0.6 is 77.2 Å². The lowest BCUT2D eigenvalue weighted by Crippen LogP contribution is -1.89. The topological polar surface area (TPSA) is 0 Å². The quantitative estimate of drug-likeness (QED) is 0.126. The van der Waals surface area contributed by atoms with Gasteiger partial charge >= 0.3 is 0 Å². The highest BCUT2D eigenvalue weighted by molar-refractivity contribution is 9.11. The molecule has 0 unspecified atom stereocenters. The summed E-state index contributed by atoms with van der Waals surface area (Å²) in [4.78, 5) is 8.63. The van der Waals surface area contributed by atoms with E-state index in [4.69, 9.17) is 0 Å². The minimum absolute atomic E-state index is 1.19. The molecule has 0 N–H and O–H groups in total. The second-order valence-corrected chi connectivity index (χ2v) is 15.8. The van der Waals surface area contributed by atoms with E-state index in [1.807, 2.05) is 45.3 Å². The largest absolute Gasteiger partial charge is 0.133 e. The van der Waals surface area contributed by atoms with E-state index in [0.29, 0.717) is 0 Å². The van der Waals surface area contributed by atoms with Gasteiger partial charge in [0.05, 0.1) is 7.57 Å². The molecule has 4 aromatic heterocycles. The van der Waals surface area contributed by atoms with Crippen molar-refractivity contribution in [2.75, 3.05) is 0 Å². The van der Waals surface area contributed by atoms with E-state index >= 15 is 0 Å². The highest BCUT2D eigenvalue weighted by Gasteiger charge is 2.20. The third kappa shape index (κ3) is 6.95. The summed E-state index contributed by atoms with van der Waals surface area (Å²) in [6.07, 6.45) is 12.8. The Kier molecular flexibility index (Phi) is 10.5. The Morgan fingerprint density at radius 3 is 1.32 bits per heavy atom. The fraction of sp³-hybridized carbons (Fsp3) is 0.429. The maximum atomic E-state index is 3.67. The maximum Gasteiger partial charge on any atom is 0.0705 e. The lowest BCUT2D eigenvalue weighted by Gasteiger charge is -2.06. The molecule has 34 heavy (non-hydrogen) atoms. The summed E-state index contributed by atoms with van der Waals surface area (Å²) in [6, 6.07) is 13.9. The van der Waals surface area contributed by atoms with Crippen molar-refractivity contribution in [2.24, 2.45) is 0 Å². The molecule has 0 nitrogen and oxygen atoms in total. The summed E-state index contributed by atoms with van der Waals surface area (Å²) in [5, 5.41) is 0. The molecule has 0 aliphatic carbocycles. The van der Waals surface area contributed by atoms with Crippen LogP contribution in [0.15, 0.2) is 44.0 Å². The number of rotatable bonds is 13. The van der Waals surface area contributed by atoms with Gasteiger partial charge in [0.2, 0.25) is 0 Å². The van der Waals surface area contributed by atoms with Gasteiger partial charge in [-0.2, -0.15) is 0 Å². The molecule has 0 radical (unpaired) electrons. The van der Waals surface area contributed by atoms with Crippen LogP contribution in [0, 0.1) is 0 Å². The Morgan fingerprint density at radius 2 is 0.971 bits per heavy atom. The number of aryl methyl sites for hydroxylation is 2. The molecule has 0 fully saturated rings. The molecule has 0 aromatic carbocycles. The number of hydrogen-bond donors (Lipinski definition) is 0. The van der Waals surface area contributed by atoms with E-state index in [0.717, 1.165) is 0 Å². The fourth-order valence-electron chi connectivity index (χ4n) is 4.23. The zero-order chi connectivity index (χ0) is 23.9. The molecule has 4 heterocycles. The Hall–Kier alpha value is -0.240. The van der Waals surface area contributed by atoms with Gasteiger partial charge in [-0.1, -0.05) is 52.4 Å². The first-order valence-electron chi connectivity index (χ1n) is 12.4. The van der Waals surface area contributed by atoms with Crippen molar-refractivity contribution in [1.82, 2.24) is 0 Å². The molecule has 0 spiro atoms. The van der Waals surface area contributed by atoms with E-state index < -0.39 is 0 Å². The molecule has 0 aliphatic rings. The Morgan fingerprint density at radius 1 is 0.529 bits per heavy atom. The minimum Gasteiger partial charge on any atom is -0.133 e. The highest BCUT2D eigenvalue weighted by atomic mass is 79.9. The lowest BCUT2D eigenvalue weighted by molar-refractivity contribution is 0.666. The first kappa shape index (κ1) is 26.8. The summed E-state index contributed by atoms with van der Waals surface area (Å²) in [7, 11) is 0. The second kappa shape index (κ2) is 13.3. The van der Waals surface area contributed by atoms with Crippen molar-refractivity contribution in [3.8, 4) is 29.3 Å². The normalized spacial score (nSPS) is 11.5. The SMILES string of the molecule is CCCCCCc1cc(-c2ccc(Br)s2)sc1-c1sc(-c2ccc(Br)s2)cc1CCCCCC. The van der Waals surface area contributed by atoms with E-state index in [1.165, 1.54) is 101 Å². The first-order chi connectivity index (χ1) is 16.6. The van der Waals surface area contributed by atoms with Gasteiger partial charge in [-0.25, -0.2) is 0 Å². The summed E-state index contributed by atoms with van der Waals surface area (Å²) in [5.74, 6) is 0. The molecular weight excluding hydrogens is 624 g/mol. The van der Waals surface area contributed by atoms with Crippen molar-refractivity contribution < 1.29 is 0 Å². The Bertz CT molecular complexity index is 1080. The predicted molar refractivity (Wildman–Crippen MR) is 165 cm³/mol. The Balaban J connectivity index is 1.71. The van der Waals surface area contributed by atoms with Gasteiger partial charge in [0.15, 0.2) is 0 Å². The summed E-state index contributed by atoms with van der Waals surface area (Å²) in [5.41, 5.74) is 3.10. The highest BCUT2D eigenvalue weighted by Crippen LogP contribution is 2.48. The van der Waals surface area contributed by atoms with Gasteiger partial charge < -0.3 is 0 Å². The number of unbranched alkanes of at least 4 members (excludes halogenated alkanes) is 6. The van der Waals surface area contributed by atoms with Crippen LogP contribution in [0.5, 0.6) is 0 Å². The molecule has 4 aromatic rings. The van der Waals surface area contributed by atoms with Crippen molar-refractivity contribution >= 4 is 77.2 Å². The molecule has 0 bridgehead atoms. The molecule has 0 atom stereocenters. The zero-order valence-corrected chi connectivity index (χ0v) is 26.4. The van der Waals surface area contributed by atoms with Crippen molar-refractivity contribution in [3.05, 3.63) is 55.1 Å². The van der Waals surface area contributed by atoms with Crippen LogP contribution in [-0.4, -0.2) is 0 Å². The number of halogens is 2. The van der Waals surface area contributed by atoms with E-state index in [2.05, 4.69) is 82.1 Å². The van der Waals surface area contributed by atoms with Crippen molar-refractivity contribution in [3.63, 3.8) is 0 Å². The van der Waals surface area contributed by atoms with Crippen LogP contribution in [0.1, 0.15) is 76.3 Å². The molecule has 182 valence electrons. The maximum absolute atomic E-state index is 3.67. The van der Waals surface area contributed by atoms with Gasteiger partial charge in [-0.05, 0) is 105 Å². The standard InChI is InChI=1S/C28H32Br2S4/c1-3-5-7-9-11-19-17-23(21-13-15-25(29)31-21)33-27(19)28-20(12-10-8-6-4-2)18-24(34-28)22-14-16-26(30)32-22/h13-18H,3-12H2,1-2H3. The molecule has 0 aliphatic heterocycles. The van der Waals surface area contributed by atoms with Crippen LogP contribution < -0.4 is 0 Å². The van der Waals surface area contributed by atoms with Gasteiger partial charge in [0.1, 0.15) is 0 Å². The second-order valence-electron chi connectivity index (χ2n) is 8.76. The summed E-state index contributed by atoms with van der Waals surface area (Å²) >= 11 is 15.0. The third-order valence-corrected chi connectivity index (χ3v) is 12.2. The fourth-order valence-corrected chi connectivity index (χ4v) is 9.79. The molecule has 0 saturated heterocycles. The number of hydrogen-bond acceptors (Lipinski definition) is 4. The van der Waals surface area contributed by atoms with Gasteiger partial charge in [-0.3, -0.25) is 0 Å². The third-order valence-electron chi connectivity index (χ3n) is 6.06. The van der Waals surface area contributed by atoms with Crippen LogP contribution in [0.4, 0.5) is 0 Å². The van der Waals surface area contributed by atoms with Crippen LogP contribution in [0.2, 0.25) is 0 Å². The molecule has 4 rings (SSSR count). The van der Waals surface area contributed by atoms with Gasteiger partial charge in [0.25, 0.3) is 0 Å². The summed E-state index contributed by atoms with van der Waals surface area (Å²) in [6.45, 7) is 4.59. The molecule has 0 amide bonds. The zero-order valence-electron chi connectivity index (χ0n) is 19.9. The van der Waals surface area contributed by atoms with Crippen molar-refractivity contribution in [1.29, 1.82) is 0 Å². The number of thiophene rings is 4.